The van der Waals surface area contributed by atoms with Crippen molar-refractivity contribution in [2.45, 2.75) is 132 Å². The number of hydrogen-bond acceptors (Lipinski definition) is 13. The normalized spacial score (nSPS) is 13.7. The lowest BCUT2D eigenvalue weighted by molar-refractivity contribution is -0.142. The molecule has 0 saturated heterocycles. The number of amides is 7. The molecule has 8 atom stereocenters. The fraction of sp³-hybridized carbons (Fsp3) is 0.407. The molecule has 26 heteroatoms. The molecule has 0 fully saturated rings. The first kappa shape index (κ1) is 68.1. The highest BCUT2D eigenvalue weighted by atomic mass is 16.4. The minimum absolute atomic E-state index is 0.00262. The van der Waals surface area contributed by atoms with Gasteiger partial charge in [-0.1, -0.05) is 121 Å². The van der Waals surface area contributed by atoms with E-state index in [-0.39, 0.29) is 89.2 Å². The Kier molecular flexibility index (Phi) is 29.6. The number of aliphatic imine (C=N–C) groups is 2. The Balaban J connectivity index is 1.69. The number of aliphatic carboxylic acids is 2. The zero-order valence-corrected chi connectivity index (χ0v) is 47.4. The van der Waals surface area contributed by atoms with Gasteiger partial charge in [-0.05, 0) is 86.6 Å². The van der Waals surface area contributed by atoms with Crippen molar-refractivity contribution in [1.29, 1.82) is 0 Å². The number of nitrogens with one attached hydrogen (secondary N) is 7. The highest BCUT2D eigenvalue weighted by molar-refractivity contribution is 5.98. The topological polar surface area (TPSA) is 459 Å². The van der Waals surface area contributed by atoms with Gasteiger partial charge >= 0.3 is 11.9 Å². The molecule has 21 N–H and O–H groups in total. The Labute approximate surface area is 493 Å². The molecule has 0 aliphatic heterocycles. The summed E-state index contributed by atoms with van der Waals surface area (Å²) in [4.78, 5) is 132. The van der Waals surface area contributed by atoms with Gasteiger partial charge in [0.05, 0.1) is 6.04 Å². The van der Waals surface area contributed by atoms with E-state index in [0.717, 1.165) is 5.56 Å². The maximum Gasteiger partial charge on any atom is 0.326 e. The predicted octanol–water partition coefficient (Wildman–Crippen LogP) is -1.14. The van der Waals surface area contributed by atoms with Crippen LogP contribution in [0.1, 0.15) is 80.0 Å². The van der Waals surface area contributed by atoms with E-state index in [1.54, 1.807) is 121 Å². The number of carbonyl (C=O) groups is 9. The molecule has 85 heavy (non-hydrogen) atoms. The summed E-state index contributed by atoms with van der Waals surface area (Å²) in [5.74, 6) is -8.98. The number of guanidine groups is 2. The monoisotopic (exact) mass is 1180 g/mol. The zero-order chi connectivity index (χ0) is 62.1. The number of nitrogens with zero attached hydrogens (tertiary/aromatic N) is 2. The molecule has 0 radical (unpaired) electrons. The summed E-state index contributed by atoms with van der Waals surface area (Å²) < 4.78 is 0. The number of carbonyl (C=O) groups excluding carboxylic acids is 7. The SMILES string of the molecule is NCCCC[C@H](NC(=O)[C@H](Cc1ccccc1)NC(=O)[C@H](CCCN=C(N)N)NC(=O)[C@H](Cc1ccccc1)NC(=O)[C@H](CCCN=C(N)N)NC(=O)[C@H](Cc1ccccc1)NC(=O)[C@H](CCC(=O)O)NC(=O)[C@@H](N)Cc1ccccc1)C(=O)O. The van der Waals surface area contributed by atoms with Gasteiger partial charge in [-0.3, -0.25) is 48.3 Å². The molecule has 7 amide bonds. The van der Waals surface area contributed by atoms with E-state index in [0.29, 0.717) is 36.1 Å². The van der Waals surface area contributed by atoms with Gasteiger partial charge in [0.25, 0.3) is 0 Å². The number of hydrogen-bond donors (Lipinski definition) is 15. The van der Waals surface area contributed by atoms with Gasteiger partial charge in [-0.2, -0.15) is 0 Å². The molecule has 4 aromatic rings. The first-order valence-electron chi connectivity index (χ1n) is 28.0. The summed E-state index contributed by atoms with van der Waals surface area (Å²) in [6.45, 7) is 0.338. The van der Waals surface area contributed by atoms with E-state index >= 15 is 0 Å². The Morgan fingerprint density at radius 3 is 1.00 bits per heavy atom. The third kappa shape index (κ3) is 26.1. The number of benzene rings is 4. The molecule has 0 aliphatic carbocycles. The van der Waals surface area contributed by atoms with Crippen LogP contribution in [0, 0.1) is 0 Å². The molecule has 0 heterocycles. The number of carboxylic acids is 2. The Hall–Kier alpha value is -9.43. The molecule has 0 spiro atoms. The van der Waals surface area contributed by atoms with Gasteiger partial charge in [0.2, 0.25) is 41.4 Å². The number of carboxylic acid groups (broad SMARTS) is 2. The van der Waals surface area contributed by atoms with Crippen LogP contribution >= 0.6 is 0 Å². The van der Waals surface area contributed by atoms with Crippen LogP contribution in [0.5, 0.6) is 0 Å². The van der Waals surface area contributed by atoms with E-state index in [4.69, 9.17) is 34.4 Å². The highest BCUT2D eigenvalue weighted by Gasteiger charge is 2.35. The Morgan fingerprint density at radius 2 is 0.671 bits per heavy atom. The molecule has 0 unspecified atom stereocenters. The van der Waals surface area contributed by atoms with Crippen LogP contribution in [0.25, 0.3) is 0 Å². The van der Waals surface area contributed by atoms with Crippen LogP contribution in [0.2, 0.25) is 0 Å². The van der Waals surface area contributed by atoms with Gasteiger partial charge in [0, 0.05) is 38.8 Å². The average Bonchev–Trinajstić information content (AvgIpc) is 3.58. The fourth-order valence-electron chi connectivity index (χ4n) is 8.88. The number of unbranched alkanes of at least 4 members (excludes halogenated alkanes) is 1. The van der Waals surface area contributed by atoms with Crippen molar-refractivity contribution in [3.8, 4) is 0 Å². The van der Waals surface area contributed by atoms with Crippen molar-refractivity contribution in [2.75, 3.05) is 19.6 Å². The van der Waals surface area contributed by atoms with E-state index < -0.39 is 108 Å². The van der Waals surface area contributed by atoms with Crippen LogP contribution in [0.3, 0.4) is 0 Å². The summed E-state index contributed by atoms with van der Waals surface area (Å²) in [7, 11) is 0. The Morgan fingerprint density at radius 1 is 0.376 bits per heavy atom. The van der Waals surface area contributed by atoms with Gasteiger partial charge in [0.1, 0.15) is 42.3 Å². The molecule has 4 rings (SSSR count). The standard InChI is InChI=1S/C59H81N15O11/c60-30-14-13-25-45(57(84)85)71-56(83)48(36-40-23-11-4-12-24-40)73-52(79)43(27-16-32-67-59(64)65)69-54(81)46(34-38-19-7-2-8-20-38)72-51(78)42(26-15-31-66-58(62)63)70-55(82)47(35-39-21-9-3-10-22-39)74-53(80)44(28-29-49(75)76)68-50(77)41(61)33-37-17-5-1-6-18-37/h1-12,17-24,41-48H,13-16,25-36,60-61H2,(H,68,77)(H,69,81)(H,70,82)(H,71,83)(H,72,78)(H,73,79)(H,74,80)(H,75,76)(H,84,85)(H4,62,63,66)(H4,64,65,67)/t41-,42-,43-,44-,45-,46-,47-,48-/m0/s1. The summed E-state index contributed by atoms with van der Waals surface area (Å²) in [6, 6.07) is 23.6. The van der Waals surface area contributed by atoms with Crippen LogP contribution < -0.4 is 71.6 Å². The van der Waals surface area contributed by atoms with Crippen molar-refractivity contribution in [3.05, 3.63) is 144 Å². The Bertz CT molecular complexity index is 2840. The maximum atomic E-state index is 14.8. The predicted molar refractivity (Wildman–Crippen MR) is 319 cm³/mol. The summed E-state index contributed by atoms with van der Waals surface area (Å²) in [5.41, 5.74) is 36.7. The van der Waals surface area contributed by atoms with Crippen molar-refractivity contribution in [2.24, 2.45) is 44.4 Å². The van der Waals surface area contributed by atoms with Gasteiger partial charge in [-0.25, -0.2) is 4.79 Å². The quantitative estimate of drug-likeness (QED) is 0.0143. The third-order valence-electron chi connectivity index (χ3n) is 13.4. The van der Waals surface area contributed by atoms with E-state index in [1.807, 2.05) is 0 Å². The molecule has 26 nitrogen and oxygen atoms in total. The first-order chi connectivity index (χ1) is 40.7. The summed E-state index contributed by atoms with van der Waals surface area (Å²) in [5, 5.41) is 38.3. The molecular formula is C59H81N15O11. The second-order valence-electron chi connectivity index (χ2n) is 20.2. The number of nitrogens with two attached hydrogens (primary N) is 6. The minimum Gasteiger partial charge on any atom is -0.481 e. The lowest BCUT2D eigenvalue weighted by atomic mass is 10.0. The average molecular weight is 1180 g/mol. The second kappa shape index (κ2) is 36.9. The third-order valence-corrected chi connectivity index (χ3v) is 13.4. The minimum atomic E-state index is -1.47. The van der Waals surface area contributed by atoms with Gasteiger partial charge < -0.3 is 81.8 Å². The molecular weight excluding hydrogens is 1090 g/mol. The molecule has 458 valence electrons. The lowest BCUT2D eigenvalue weighted by Crippen LogP contribution is -2.60. The van der Waals surface area contributed by atoms with Crippen molar-refractivity contribution < 1.29 is 53.4 Å². The molecule has 0 bridgehead atoms. The highest BCUT2D eigenvalue weighted by Crippen LogP contribution is 2.13. The number of rotatable bonds is 38. The van der Waals surface area contributed by atoms with E-state index in [1.165, 1.54) is 0 Å². The van der Waals surface area contributed by atoms with Crippen molar-refractivity contribution in [3.63, 3.8) is 0 Å². The van der Waals surface area contributed by atoms with Crippen LogP contribution in [-0.2, 0) is 68.8 Å². The maximum absolute atomic E-state index is 14.8. The van der Waals surface area contributed by atoms with Gasteiger partial charge in [0.15, 0.2) is 11.9 Å². The lowest BCUT2D eigenvalue weighted by Gasteiger charge is -2.28. The zero-order valence-electron chi connectivity index (χ0n) is 47.4. The van der Waals surface area contributed by atoms with Crippen LogP contribution in [0.4, 0.5) is 0 Å². The molecule has 0 saturated carbocycles. The summed E-state index contributed by atoms with van der Waals surface area (Å²) >= 11 is 0. The summed E-state index contributed by atoms with van der Waals surface area (Å²) in [6.07, 6.45) is -0.228. The van der Waals surface area contributed by atoms with Gasteiger partial charge in [-0.15, -0.1) is 0 Å². The van der Waals surface area contributed by atoms with E-state index in [9.17, 15) is 53.4 Å². The second-order valence-corrected chi connectivity index (χ2v) is 20.2. The molecule has 4 aromatic carbocycles. The van der Waals surface area contributed by atoms with E-state index in [2.05, 4.69) is 47.2 Å². The molecule has 0 aromatic heterocycles. The smallest absolute Gasteiger partial charge is 0.326 e. The largest absolute Gasteiger partial charge is 0.481 e. The first-order valence-corrected chi connectivity index (χ1v) is 28.0. The van der Waals surface area contributed by atoms with Crippen LogP contribution in [-0.4, -0.2) is 143 Å². The van der Waals surface area contributed by atoms with Crippen molar-refractivity contribution in [1.82, 2.24) is 37.2 Å². The molecule has 0 aliphatic rings. The van der Waals surface area contributed by atoms with Crippen LogP contribution in [0.15, 0.2) is 131 Å². The fourth-order valence-corrected chi connectivity index (χ4v) is 8.88. The van der Waals surface area contributed by atoms with Crippen molar-refractivity contribution >= 4 is 65.2 Å².